The van der Waals surface area contributed by atoms with Crippen LogP contribution in [0.4, 0.5) is 0 Å². The first-order valence-corrected chi connectivity index (χ1v) is 6.68. The lowest BCUT2D eigenvalue weighted by Crippen LogP contribution is -2.38. The molecule has 3 N–H and O–H groups in total. The Bertz CT molecular complexity index is 401. The van der Waals surface area contributed by atoms with Crippen LogP contribution in [0, 0.1) is 0 Å². The number of carbonyl (C=O) groups is 1. The van der Waals surface area contributed by atoms with Gasteiger partial charge in [-0.25, -0.2) is 0 Å². The zero-order valence-electron chi connectivity index (χ0n) is 12.0. The van der Waals surface area contributed by atoms with E-state index in [1.165, 1.54) is 5.56 Å². The molecule has 0 saturated carbocycles. The highest BCUT2D eigenvalue weighted by atomic mass is 16.4. The second kappa shape index (κ2) is 7.26. The second-order valence-corrected chi connectivity index (χ2v) is 5.16. The number of nitrogens with zero attached hydrogens (tertiary/aromatic N) is 1. The summed E-state index contributed by atoms with van der Waals surface area (Å²) in [6.45, 7) is 2.15. The van der Waals surface area contributed by atoms with Crippen molar-refractivity contribution in [2.75, 3.05) is 14.1 Å². The smallest absolute Gasteiger partial charge is 0.304 e. The number of aliphatic carboxylic acids is 1. The Balaban J connectivity index is 2.89. The minimum absolute atomic E-state index is 0.0282. The van der Waals surface area contributed by atoms with E-state index < -0.39 is 12.0 Å². The predicted molar refractivity (Wildman–Crippen MR) is 77.1 cm³/mol. The van der Waals surface area contributed by atoms with Crippen LogP contribution in [0.3, 0.4) is 0 Å². The first-order valence-electron chi connectivity index (χ1n) is 6.68. The molecule has 2 unspecified atom stereocenters. The summed E-state index contributed by atoms with van der Waals surface area (Å²) in [5.41, 5.74) is 8.40. The molecule has 0 spiro atoms. The summed E-state index contributed by atoms with van der Waals surface area (Å²) in [7, 11) is 3.85. The van der Waals surface area contributed by atoms with Gasteiger partial charge in [0.25, 0.3) is 0 Å². The van der Waals surface area contributed by atoms with Gasteiger partial charge >= 0.3 is 5.97 Å². The first-order chi connectivity index (χ1) is 8.95. The summed E-state index contributed by atoms with van der Waals surface area (Å²) >= 11 is 0. The van der Waals surface area contributed by atoms with Crippen molar-refractivity contribution >= 4 is 5.97 Å². The van der Waals surface area contributed by atoms with Crippen LogP contribution in [0.2, 0.25) is 0 Å². The van der Waals surface area contributed by atoms with Crippen molar-refractivity contribution in [3.05, 3.63) is 35.4 Å². The SMILES string of the molecule is CCCc1ccc(C(C(N)CC(=O)O)N(C)C)cc1. The van der Waals surface area contributed by atoms with E-state index in [0.717, 1.165) is 18.4 Å². The zero-order chi connectivity index (χ0) is 14.4. The molecule has 0 aliphatic rings. The summed E-state index contributed by atoms with van der Waals surface area (Å²) < 4.78 is 0. The minimum Gasteiger partial charge on any atom is -0.481 e. The number of aryl methyl sites for hydroxylation is 1. The number of benzene rings is 1. The van der Waals surface area contributed by atoms with Crippen LogP contribution in [0.1, 0.15) is 36.9 Å². The van der Waals surface area contributed by atoms with Gasteiger partial charge in [-0.1, -0.05) is 37.6 Å². The average molecular weight is 264 g/mol. The molecule has 0 saturated heterocycles. The van der Waals surface area contributed by atoms with Gasteiger partial charge in [0.2, 0.25) is 0 Å². The third-order valence-electron chi connectivity index (χ3n) is 3.23. The first kappa shape index (κ1) is 15.7. The van der Waals surface area contributed by atoms with E-state index in [0.29, 0.717) is 0 Å². The lowest BCUT2D eigenvalue weighted by atomic mass is 9.95. The largest absolute Gasteiger partial charge is 0.481 e. The monoisotopic (exact) mass is 264 g/mol. The molecule has 4 nitrogen and oxygen atoms in total. The third kappa shape index (κ3) is 4.65. The quantitative estimate of drug-likeness (QED) is 0.791. The van der Waals surface area contributed by atoms with Crippen molar-refractivity contribution in [1.29, 1.82) is 0 Å². The van der Waals surface area contributed by atoms with Crippen LogP contribution in [0.25, 0.3) is 0 Å². The molecule has 1 aromatic carbocycles. The van der Waals surface area contributed by atoms with E-state index in [2.05, 4.69) is 31.2 Å². The van der Waals surface area contributed by atoms with Crippen LogP contribution in [0.15, 0.2) is 24.3 Å². The van der Waals surface area contributed by atoms with Crippen LogP contribution in [0.5, 0.6) is 0 Å². The molecule has 0 radical (unpaired) electrons. The highest BCUT2D eigenvalue weighted by molar-refractivity contribution is 5.67. The fourth-order valence-corrected chi connectivity index (χ4v) is 2.41. The van der Waals surface area contributed by atoms with Gasteiger partial charge in [-0.05, 0) is 31.6 Å². The zero-order valence-corrected chi connectivity index (χ0v) is 12.0. The number of hydrogen-bond acceptors (Lipinski definition) is 3. The topological polar surface area (TPSA) is 66.6 Å². The number of rotatable bonds is 7. The van der Waals surface area contributed by atoms with Gasteiger partial charge in [0.15, 0.2) is 0 Å². The third-order valence-corrected chi connectivity index (χ3v) is 3.23. The fraction of sp³-hybridized carbons (Fsp3) is 0.533. The maximum Gasteiger partial charge on any atom is 0.304 e. The van der Waals surface area contributed by atoms with Gasteiger partial charge in [-0.15, -0.1) is 0 Å². The molecule has 0 amide bonds. The van der Waals surface area contributed by atoms with Gasteiger partial charge in [0, 0.05) is 12.1 Å². The summed E-state index contributed by atoms with van der Waals surface area (Å²) in [4.78, 5) is 12.8. The molecule has 0 fully saturated rings. The second-order valence-electron chi connectivity index (χ2n) is 5.16. The predicted octanol–water partition coefficient (Wildman–Crippen LogP) is 2.04. The van der Waals surface area contributed by atoms with E-state index in [1.807, 2.05) is 19.0 Å². The summed E-state index contributed by atoms with van der Waals surface area (Å²) in [6, 6.07) is 7.82. The van der Waals surface area contributed by atoms with Gasteiger partial charge in [-0.3, -0.25) is 4.79 Å². The molecule has 0 aliphatic carbocycles. The normalized spacial score (nSPS) is 14.4. The molecule has 2 atom stereocenters. The molecule has 4 heteroatoms. The molecule has 1 rings (SSSR count). The molecule has 0 bridgehead atoms. The molecular formula is C15H24N2O2. The van der Waals surface area contributed by atoms with Crippen LogP contribution >= 0.6 is 0 Å². The number of likely N-dealkylation sites (N-methyl/N-ethyl adjacent to an activating group) is 1. The molecule has 0 heterocycles. The van der Waals surface area contributed by atoms with Crippen molar-refractivity contribution < 1.29 is 9.90 Å². The van der Waals surface area contributed by atoms with E-state index >= 15 is 0 Å². The van der Waals surface area contributed by atoms with Crippen molar-refractivity contribution in [3.8, 4) is 0 Å². The van der Waals surface area contributed by atoms with Gasteiger partial charge in [0.1, 0.15) is 0 Å². The van der Waals surface area contributed by atoms with Crippen molar-refractivity contribution in [2.24, 2.45) is 5.73 Å². The lowest BCUT2D eigenvalue weighted by molar-refractivity contribution is -0.137. The standard InChI is InChI=1S/C15H24N2O2/c1-4-5-11-6-8-12(9-7-11)15(17(2)3)13(16)10-14(18)19/h6-9,13,15H,4-5,10,16H2,1-3H3,(H,18,19). The number of nitrogens with two attached hydrogens (primary N) is 1. The van der Waals surface area contributed by atoms with Crippen molar-refractivity contribution in [1.82, 2.24) is 4.90 Å². The number of hydrogen-bond donors (Lipinski definition) is 2. The van der Waals surface area contributed by atoms with Gasteiger partial charge in [-0.2, -0.15) is 0 Å². The summed E-state index contributed by atoms with van der Waals surface area (Å²) in [5, 5.41) is 8.88. The Morgan fingerprint density at radius 1 is 1.32 bits per heavy atom. The highest BCUT2D eigenvalue weighted by Gasteiger charge is 2.23. The van der Waals surface area contributed by atoms with Crippen LogP contribution in [-0.2, 0) is 11.2 Å². The molecule has 0 aliphatic heterocycles. The Morgan fingerprint density at radius 3 is 2.32 bits per heavy atom. The van der Waals surface area contributed by atoms with Crippen molar-refractivity contribution in [2.45, 2.75) is 38.3 Å². The highest BCUT2D eigenvalue weighted by Crippen LogP contribution is 2.23. The molecule has 0 aromatic heterocycles. The molecule has 1 aromatic rings. The summed E-state index contributed by atoms with van der Waals surface area (Å²) in [6.07, 6.45) is 2.16. The van der Waals surface area contributed by atoms with Crippen molar-refractivity contribution in [3.63, 3.8) is 0 Å². The van der Waals surface area contributed by atoms with Gasteiger partial charge in [0.05, 0.1) is 6.42 Å². The Morgan fingerprint density at radius 2 is 1.89 bits per heavy atom. The lowest BCUT2D eigenvalue weighted by Gasteiger charge is -2.29. The van der Waals surface area contributed by atoms with E-state index in [1.54, 1.807) is 0 Å². The summed E-state index contributed by atoms with van der Waals surface area (Å²) in [5.74, 6) is -0.859. The molecular weight excluding hydrogens is 240 g/mol. The average Bonchev–Trinajstić information content (AvgIpc) is 2.30. The van der Waals surface area contributed by atoms with E-state index in [-0.39, 0.29) is 12.5 Å². The Hall–Kier alpha value is -1.39. The van der Waals surface area contributed by atoms with Crippen LogP contribution < -0.4 is 5.73 Å². The maximum atomic E-state index is 10.8. The Kier molecular flexibility index (Phi) is 5.99. The number of carboxylic acids is 1. The molecule has 19 heavy (non-hydrogen) atoms. The van der Waals surface area contributed by atoms with Gasteiger partial charge < -0.3 is 15.7 Å². The minimum atomic E-state index is -0.859. The van der Waals surface area contributed by atoms with E-state index in [4.69, 9.17) is 10.8 Å². The van der Waals surface area contributed by atoms with E-state index in [9.17, 15) is 4.79 Å². The molecule has 106 valence electrons. The number of carboxylic acid groups (broad SMARTS) is 1. The maximum absolute atomic E-state index is 10.8. The van der Waals surface area contributed by atoms with Crippen LogP contribution in [-0.4, -0.2) is 36.1 Å². The fourth-order valence-electron chi connectivity index (χ4n) is 2.41. The Labute approximate surface area is 115 Å².